The SMILES string of the molecule is CCCCCCCC/C=C\CCCCCCCC(=O)OC[C@H](COP(=O)([O-])OC[C@H]([NH3+])C(=O)[O-])OC(=O)CCCCCCC/C=C\CCCCCCCC. The van der Waals surface area contributed by atoms with Crippen molar-refractivity contribution in [3.05, 3.63) is 24.3 Å². The van der Waals surface area contributed by atoms with E-state index in [0.29, 0.717) is 12.8 Å². The van der Waals surface area contributed by atoms with E-state index in [9.17, 15) is 28.9 Å². The molecule has 1 unspecified atom stereocenters. The molecule has 0 rings (SSSR count). The van der Waals surface area contributed by atoms with E-state index >= 15 is 0 Å². The molecule has 0 bridgehead atoms. The minimum absolute atomic E-state index is 0.137. The zero-order valence-electron chi connectivity index (χ0n) is 34.1. The first-order valence-corrected chi connectivity index (χ1v) is 22.9. The molecule has 0 aliphatic heterocycles. The molecule has 0 aliphatic rings. The molecule has 0 aromatic heterocycles. The average Bonchev–Trinajstić information content (AvgIpc) is 3.14. The maximum absolute atomic E-state index is 12.6. The molecule has 0 aliphatic carbocycles. The molecule has 0 amide bonds. The predicted molar refractivity (Wildman–Crippen MR) is 211 cm³/mol. The Morgan fingerprint density at radius 1 is 0.556 bits per heavy atom. The first kappa shape index (κ1) is 52.0. The molecule has 316 valence electrons. The van der Waals surface area contributed by atoms with Gasteiger partial charge in [0.05, 0.1) is 6.61 Å². The van der Waals surface area contributed by atoms with Crippen molar-refractivity contribution in [1.29, 1.82) is 0 Å². The fourth-order valence-electron chi connectivity index (χ4n) is 5.76. The lowest BCUT2D eigenvalue weighted by atomic mass is 10.1. The molecular formula is C42H77NO10P-. The number of rotatable bonds is 40. The highest BCUT2D eigenvalue weighted by Crippen LogP contribution is 2.38. The monoisotopic (exact) mass is 787 g/mol. The van der Waals surface area contributed by atoms with Gasteiger partial charge in [-0.2, -0.15) is 0 Å². The van der Waals surface area contributed by atoms with Crippen molar-refractivity contribution < 1.29 is 53.2 Å². The van der Waals surface area contributed by atoms with Crippen LogP contribution in [-0.2, 0) is 37.5 Å². The van der Waals surface area contributed by atoms with E-state index in [1.165, 1.54) is 77.0 Å². The fraction of sp³-hybridized carbons (Fsp3) is 0.833. The highest BCUT2D eigenvalue weighted by Gasteiger charge is 2.22. The van der Waals surface area contributed by atoms with Crippen molar-refractivity contribution in [3.8, 4) is 0 Å². The third kappa shape index (κ3) is 36.9. The summed E-state index contributed by atoms with van der Waals surface area (Å²) in [5, 5.41) is 10.8. The number of hydrogen-bond acceptors (Lipinski definition) is 10. The number of allylic oxidation sites excluding steroid dienone is 4. The molecule has 0 saturated heterocycles. The predicted octanol–water partition coefficient (Wildman–Crippen LogP) is 8.38. The first-order chi connectivity index (χ1) is 26.1. The van der Waals surface area contributed by atoms with Crippen LogP contribution in [0.1, 0.15) is 194 Å². The van der Waals surface area contributed by atoms with Crippen LogP contribution in [0.4, 0.5) is 0 Å². The molecule has 3 N–H and O–H groups in total. The summed E-state index contributed by atoms with van der Waals surface area (Å²) in [5.74, 6) is -2.59. The number of carboxylic acid groups (broad SMARTS) is 1. The summed E-state index contributed by atoms with van der Waals surface area (Å²) in [6.07, 6.45) is 37.9. The number of unbranched alkanes of at least 4 members (excludes halogenated alkanes) is 22. The van der Waals surface area contributed by atoms with E-state index in [-0.39, 0.29) is 19.4 Å². The zero-order chi connectivity index (χ0) is 40.0. The van der Waals surface area contributed by atoms with Crippen LogP contribution in [0.25, 0.3) is 0 Å². The highest BCUT2D eigenvalue weighted by molar-refractivity contribution is 7.45. The molecule has 0 spiro atoms. The van der Waals surface area contributed by atoms with Gasteiger partial charge in [-0.15, -0.1) is 0 Å². The van der Waals surface area contributed by atoms with E-state index in [2.05, 4.69) is 48.4 Å². The van der Waals surface area contributed by atoms with Crippen LogP contribution in [-0.4, -0.2) is 49.9 Å². The lowest BCUT2D eigenvalue weighted by Crippen LogP contribution is -2.70. The van der Waals surface area contributed by atoms with E-state index in [1.54, 1.807) is 0 Å². The van der Waals surface area contributed by atoms with Gasteiger partial charge in [0.25, 0.3) is 7.82 Å². The average molecular weight is 787 g/mol. The molecule has 0 heterocycles. The Morgan fingerprint density at radius 3 is 1.35 bits per heavy atom. The van der Waals surface area contributed by atoms with Gasteiger partial charge >= 0.3 is 11.9 Å². The maximum atomic E-state index is 12.6. The number of phosphoric acid groups is 1. The third-order valence-corrected chi connectivity index (χ3v) is 10.1. The Kier molecular flexibility index (Phi) is 36.4. The van der Waals surface area contributed by atoms with E-state index in [1.807, 2.05) is 0 Å². The fourth-order valence-corrected chi connectivity index (χ4v) is 6.55. The number of aliphatic carboxylic acids is 1. The second-order valence-electron chi connectivity index (χ2n) is 14.5. The first-order valence-electron chi connectivity index (χ1n) is 21.4. The minimum Gasteiger partial charge on any atom is -0.756 e. The molecule has 11 nitrogen and oxygen atoms in total. The van der Waals surface area contributed by atoms with Crippen LogP contribution in [0.5, 0.6) is 0 Å². The van der Waals surface area contributed by atoms with E-state index in [4.69, 9.17) is 14.0 Å². The largest absolute Gasteiger partial charge is 0.756 e. The van der Waals surface area contributed by atoms with Crippen molar-refractivity contribution in [2.45, 2.75) is 206 Å². The second kappa shape index (κ2) is 37.9. The van der Waals surface area contributed by atoms with Crippen molar-refractivity contribution in [3.63, 3.8) is 0 Å². The Balaban J connectivity index is 4.40. The summed E-state index contributed by atoms with van der Waals surface area (Å²) < 4.78 is 32.3. The standard InChI is InChI=1S/C42H78NO10P/c1-3-5-7-9-11-13-15-17-19-21-23-25-27-29-31-33-40(44)50-35-38(36-51-54(48,49)52-37-39(43)42(46)47)53-41(45)34-32-30-28-26-24-22-20-18-16-14-12-10-8-6-4-2/h17-20,38-39H,3-16,21-37,43H2,1-2H3,(H,46,47)(H,48,49)/p-1/b19-17-,20-18-/t38-,39+/m1/s1. The molecular weight excluding hydrogens is 709 g/mol. The number of esters is 2. The number of ether oxygens (including phenoxy) is 2. The van der Waals surface area contributed by atoms with Crippen LogP contribution < -0.4 is 15.7 Å². The van der Waals surface area contributed by atoms with Gasteiger partial charge in [0.1, 0.15) is 25.2 Å². The number of phosphoric ester groups is 1. The summed E-state index contributed by atoms with van der Waals surface area (Å²) in [6.45, 7) is 2.68. The quantitative estimate of drug-likeness (QED) is 0.0274. The van der Waals surface area contributed by atoms with Crippen LogP contribution >= 0.6 is 7.82 Å². The van der Waals surface area contributed by atoms with Gasteiger partial charge in [-0.05, 0) is 64.2 Å². The molecule has 12 heteroatoms. The van der Waals surface area contributed by atoms with Crippen LogP contribution in [0, 0.1) is 0 Å². The molecule has 0 aromatic rings. The lowest BCUT2D eigenvalue weighted by molar-refractivity contribution is -0.441. The number of hydrogen-bond donors (Lipinski definition) is 1. The molecule has 0 radical (unpaired) electrons. The second-order valence-corrected chi connectivity index (χ2v) is 15.9. The van der Waals surface area contributed by atoms with Crippen molar-refractivity contribution in [1.82, 2.24) is 0 Å². The topological polar surface area (TPSA) is 179 Å². The Morgan fingerprint density at radius 2 is 0.926 bits per heavy atom. The number of carboxylic acids is 1. The van der Waals surface area contributed by atoms with E-state index < -0.39 is 51.1 Å². The third-order valence-electron chi connectivity index (χ3n) is 9.20. The Hall–Kier alpha value is -2.04. The van der Waals surface area contributed by atoms with Crippen molar-refractivity contribution >= 4 is 25.7 Å². The van der Waals surface area contributed by atoms with Gasteiger partial charge in [0, 0.05) is 12.8 Å². The molecule has 0 aromatic carbocycles. The Labute approximate surface area is 328 Å². The minimum atomic E-state index is -4.95. The van der Waals surface area contributed by atoms with Crippen molar-refractivity contribution in [2.75, 3.05) is 19.8 Å². The van der Waals surface area contributed by atoms with Crippen LogP contribution in [0.3, 0.4) is 0 Å². The van der Waals surface area contributed by atoms with Gasteiger partial charge in [-0.3, -0.25) is 14.2 Å². The number of carbonyl (C=O) groups is 3. The summed E-state index contributed by atoms with van der Waals surface area (Å²) in [5.41, 5.74) is 3.24. The zero-order valence-corrected chi connectivity index (χ0v) is 35.0. The molecule has 0 saturated carbocycles. The number of carbonyl (C=O) groups excluding carboxylic acids is 3. The number of quaternary nitrogens is 1. The van der Waals surface area contributed by atoms with Crippen LogP contribution in [0.2, 0.25) is 0 Å². The molecule has 3 atom stereocenters. The lowest BCUT2D eigenvalue weighted by Gasteiger charge is -2.26. The maximum Gasteiger partial charge on any atom is 0.306 e. The van der Waals surface area contributed by atoms with Crippen LogP contribution in [0.15, 0.2) is 24.3 Å². The van der Waals surface area contributed by atoms with Gasteiger partial charge in [-0.25, -0.2) is 0 Å². The Bertz CT molecular complexity index is 1020. The van der Waals surface area contributed by atoms with Gasteiger partial charge in [0.15, 0.2) is 6.10 Å². The summed E-state index contributed by atoms with van der Waals surface area (Å²) >= 11 is 0. The summed E-state index contributed by atoms with van der Waals surface area (Å²) in [6, 6.07) is -1.42. The van der Waals surface area contributed by atoms with Crippen molar-refractivity contribution in [2.24, 2.45) is 0 Å². The molecule has 0 fully saturated rings. The van der Waals surface area contributed by atoms with Gasteiger partial charge in [-0.1, -0.05) is 141 Å². The summed E-state index contributed by atoms with van der Waals surface area (Å²) in [7, 11) is -4.95. The summed E-state index contributed by atoms with van der Waals surface area (Å²) in [4.78, 5) is 48.0. The van der Waals surface area contributed by atoms with E-state index in [0.717, 1.165) is 77.0 Å². The smallest absolute Gasteiger partial charge is 0.306 e. The highest BCUT2D eigenvalue weighted by atomic mass is 31.2. The van der Waals surface area contributed by atoms with Gasteiger partial charge in [0.2, 0.25) is 0 Å². The normalized spacial score (nSPS) is 14.0. The van der Waals surface area contributed by atoms with Gasteiger partial charge < -0.3 is 39.0 Å². The molecule has 54 heavy (non-hydrogen) atoms.